The maximum absolute atomic E-state index is 13.3. The molecule has 6 nitrogen and oxygen atoms in total. The minimum Gasteiger partial charge on any atom is -0.493 e. The highest BCUT2D eigenvalue weighted by Gasteiger charge is 2.26. The molecule has 162 valence electrons. The SMILES string of the molecule is COc1cc2c(cc1OC)[C@@H](C)Cn1c-2c/c(=N/c2c(C)cc(C)cc2C)n(C)c1=O. The predicted octanol–water partition coefficient (Wildman–Crippen LogP) is 4.15. The van der Waals surface area contributed by atoms with Gasteiger partial charge in [0.2, 0.25) is 0 Å². The van der Waals surface area contributed by atoms with Crippen molar-refractivity contribution in [2.24, 2.45) is 12.0 Å². The molecule has 2 aromatic carbocycles. The lowest BCUT2D eigenvalue weighted by molar-refractivity contribution is 0.354. The maximum Gasteiger partial charge on any atom is 0.329 e. The second-order valence-electron chi connectivity index (χ2n) is 8.39. The van der Waals surface area contributed by atoms with Gasteiger partial charge < -0.3 is 9.47 Å². The third kappa shape index (κ3) is 3.46. The summed E-state index contributed by atoms with van der Waals surface area (Å²) in [6.45, 7) is 8.91. The standard InChI is InChI=1S/C25H29N3O3/c1-14-8-15(2)24(16(3)9-14)26-23-12-20-19-11-22(31-7)21(30-6)10-18(19)17(4)13-28(20)25(29)27(23)5/h8-12,17H,13H2,1-7H3/b26-23-/t17-/m0/s1. The molecule has 0 N–H and O–H groups in total. The topological polar surface area (TPSA) is 57.8 Å². The molecule has 4 rings (SSSR count). The Morgan fingerprint density at radius 1 is 0.968 bits per heavy atom. The summed E-state index contributed by atoms with van der Waals surface area (Å²) in [6.07, 6.45) is 0. The van der Waals surface area contributed by atoms with Gasteiger partial charge in [0.15, 0.2) is 11.5 Å². The minimum atomic E-state index is -0.0778. The van der Waals surface area contributed by atoms with Gasteiger partial charge in [-0.1, -0.05) is 24.6 Å². The summed E-state index contributed by atoms with van der Waals surface area (Å²) in [5.74, 6) is 1.51. The first-order valence-electron chi connectivity index (χ1n) is 10.4. The molecule has 1 aliphatic rings. The van der Waals surface area contributed by atoms with Gasteiger partial charge in [-0.15, -0.1) is 0 Å². The fraction of sp³-hybridized carbons (Fsp3) is 0.360. The van der Waals surface area contributed by atoms with Crippen LogP contribution in [0.1, 0.15) is 35.1 Å². The molecule has 1 atom stereocenters. The van der Waals surface area contributed by atoms with Crippen molar-refractivity contribution < 1.29 is 9.47 Å². The minimum absolute atomic E-state index is 0.0778. The highest BCUT2D eigenvalue weighted by molar-refractivity contribution is 5.71. The zero-order valence-electron chi connectivity index (χ0n) is 19.2. The predicted molar refractivity (Wildman–Crippen MR) is 123 cm³/mol. The first-order valence-corrected chi connectivity index (χ1v) is 10.4. The van der Waals surface area contributed by atoms with Crippen LogP contribution in [0.15, 0.2) is 40.1 Å². The van der Waals surface area contributed by atoms with Crippen LogP contribution in [0.2, 0.25) is 0 Å². The number of ether oxygens (including phenoxy) is 2. The van der Waals surface area contributed by atoms with E-state index in [2.05, 4.69) is 39.8 Å². The van der Waals surface area contributed by atoms with Crippen molar-refractivity contribution in [3.63, 3.8) is 0 Å². The number of methoxy groups -OCH3 is 2. The van der Waals surface area contributed by atoms with Gasteiger partial charge >= 0.3 is 5.69 Å². The number of nitrogens with zero attached hydrogens (tertiary/aromatic N) is 3. The molecule has 0 amide bonds. The Bertz CT molecular complexity index is 1290. The fourth-order valence-corrected chi connectivity index (χ4v) is 4.55. The molecule has 0 radical (unpaired) electrons. The summed E-state index contributed by atoms with van der Waals surface area (Å²) in [5, 5.41) is 0. The third-order valence-electron chi connectivity index (χ3n) is 6.10. The van der Waals surface area contributed by atoms with Crippen LogP contribution in [-0.2, 0) is 13.6 Å². The normalized spacial score (nSPS) is 15.5. The summed E-state index contributed by atoms with van der Waals surface area (Å²) < 4.78 is 14.5. The number of aryl methyl sites for hydroxylation is 3. The van der Waals surface area contributed by atoms with Crippen molar-refractivity contribution in [3.8, 4) is 22.8 Å². The van der Waals surface area contributed by atoms with Crippen LogP contribution in [0.25, 0.3) is 11.3 Å². The van der Waals surface area contributed by atoms with Gasteiger partial charge in [-0.3, -0.25) is 9.13 Å². The Balaban J connectivity index is 2.02. The lowest BCUT2D eigenvalue weighted by Gasteiger charge is -2.28. The molecular formula is C25H29N3O3. The van der Waals surface area contributed by atoms with Gasteiger partial charge in [0.1, 0.15) is 5.49 Å². The summed E-state index contributed by atoms with van der Waals surface area (Å²) >= 11 is 0. The molecule has 0 saturated carbocycles. The first kappa shape index (κ1) is 21.0. The van der Waals surface area contributed by atoms with Crippen molar-refractivity contribution >= 4 is 5.69 Å². The van der Waals surface area contributed by atoms with Crippen molar-refractivity contribution in [1.29, 1.82) is 0 Å². The quantitative estimate of drug-likeness (QED) is 0.641. The van der Waals surface area contributed by atoms with Crippen LogP contribution >= 0.6 is 0 Å². The van der Waals surface area contributed by atoms with Crippen molar-refractivity contribution in [2.75, 3.05) is 14.2 Å². The molecule has 0 spiro atoms. The fourth-order valence-electron chi connectivity index (χ4n) is 4.55. The van der Waals surface area contributed by atoms with Crippen LogP contribution < -0.4 is 20.7 Å². The monoisotopic (exact) mass is 419 g/mol. The van der Waals surface area contributed by atoms with E-state index in [-0.39, 0.29) is 11.6 Å². The van der Waals surface area contributed by atoms with E-state index in [1.54, 1.807) is 25.8 Å². The van der Waals surface area contributed by atoms with E-state index in [9.17, 15) is 4.79 Å². The maximum atomic E-state index is 13.3. The van der Waals surface area contributed by atoms with Crippen LogP contribution in [0.3, 0.4) is 0 Å². The van der Waals surface area contributed by atoms with E-state index in [4.69, 9.17) is 14.5 Å². The summed E-state index contributed by atoms with van der Waals surface area (Å²) in [6, 6.07) is 10.2. The molecule has 0 bridgehead atoms. The van der Waals surface area contributed by atoms with Crippen molar-refractivity contribution in [3.05, 3.63) is 68.6 Å². The summed E-state index contributed by atoms with van der Waals surface area (Å²) in [7, 11) is 5.04. The molecule has 1 aromatic heterocycles. The second kappa shape index (κ2) is 7.76. The molecule has 0 aliphatic carbocycles. The summed E-state index contributed by atoms with van der Waals surface area (Å²) in [4.78, 5) is 18.2. The van der Waals surface area contributed by atoms with Crippen LogP contribution in [0.4, 0.5) is 5.69 Å². The van der Waals surface area contributed by atoms with E-state index in [0.717, 1.165) is 33.6 Å². The van der Waals surface area contributed by atoms with Gasteiger partial charge in [-0.05, 0) is 49.6 Å². The third-order valence-corrected chi connectivity index (χ3v) is 6.10. The van der Waals surface area contributed by atoms with Crippen LogP contribution in [-0.4, -0.2) is 23.4 Å². The zero-order chi connectivity index (χ0) is 22.4. The molecule has 0 unspecified atom stereocenters. The Labute approximate surface area is 182 Å². The average Bonchev–Trinajstić information content (AvgIpc) is 2.73. The molecule has 1 aliphatic heterocycles. The Hall–Kier alpha value is -3.28. The number of hydrogen-bond donors (Lipinski definition) is 0. The Morgan fingerprint density at radius 3 is 2.19 bits per heavy atom. The number of rotatable bonds is 3. The molecule has 3 aromatic rings. The molecule has 6 heteroatoms. The molecule has 0 saturated heterocycles. The van der Waals surface area contributed by atoms with E-state index < -0.39 is 0 Å². The Kier molecular flexibility index (Phi) is 5.25. The first-order chi connectivity index (χ1) is 14.7. The largest absolute Gasteiger partial charge is 0.493 e. The van der Waals surface area contributed by atoms with Gasteiger partial charge in [-0.25, -0.2) is 9.79 Å². The van der Waals surface area contributed by atoms with E-state index in [0.29, 0.717) is 23.5 Å². The van der Waals surface area contributed by atoms with Crippen molar-refractivity contribution in [1.82, 2.24) is 9.13 Å². The highest BCUT2D eigenvalue weighted by atomic mass is 16.5. The number of fused-ring (bicyclic) bond motifs is 3. The zero-order valence-corrected chi connectivity index (χ0v) is 19.2. The number of aromatic nitrogens is 2. The Morgan fingerprint density at radius 2 is 1.58 bits per heavy atom. The van der Waals surface area contributed by atoms with Gasteiger partial charge in [-0.2, -0.15) is 0 Å². The molecule has 0 fully saturated rings. The van der Waals surface area contributed by atoms with Gasteiger partial charge in [0.25, 0.3) is 0 Å². The van der Waals surface area contributed by atoms with E-state index in [1.165, 1.54) is 5.56 Å². The lowest BCUT2D eigenvalue weighted by atomic mass is 9.89. The smallest absolute Gasteiger partial charge is 0.329 e. The molecule has 31 heavy (non-hydrogen) atoms. The number of benzene rings is 2. The lowest BCUT2D eigenvalue weighted by Crippen LogP contribution is -2.41. The summed E-state index contributed by atoms with van der Waals surface area (Å²) in [5.41, 5.74) is 7.80. The second-order valence-corrected chi connectivity index (χ2v) is 8.39. The molecular weight excluding hydrogens is 390 g/mol. The van der Waals surface area contributed by atoms with E-state index >= 15 is 0 Å². The highest BCUT2D eigenvalue weighted by Crippen LogP contribution is 2.41. The van der Waals surface area contributed by atoms with Crippen molar-refractivity contribution in [2.45, 2.75) is 40.2 Å². The average molecular weight is 420 g/mol. The van der Waals surface area contributed by atoms with Gasteiger partial charge in [0.05, 0.1) is 25.6 Å². The number of hydrogen-bond acceptors (Lipinski definition) is 4. The molecule has 2 heterocycles. The van der Waals surface area contributed by atoms with E-state index in [1.807, 2.05) is 22.8 Å². The van der Waals surface area contributed by atoms with Gasteiger partial charge in [0, 0.05) is 31.1 Å². The van der Waals surface area contributed by atoms with Crippen LogP contribution in [0, 0.1) is 20.8 Å². The van der Waals surface area contributed by atoms with Crippen LogP contribution in [0.5, 0.6) is 11.5 Å².